The smallest absolute Gasteiger partial charge is 0.320 e. The van der Waals surface area contributed by atoms with Crippen LogP contribution < -0.4 is 4.74 Å². The Morgan fingerprint density at radius 1 is 1.22 bits per heavy atom. The molecular weight excluding hydrogens is 392 g/mol. The van der Waals surface area contributed by atoms with Crippen LogP contribution in [0.25, 0.3) is 0 Å². The number of carboxylic acid groups (broad SMARTS) is 1. The van der Waals surface area contributed by atoms with Gasteiger partial charge >= 0.3 is 5.97 Å². The molecule has 0 spiro atoms. The van der Waals surface area contributed by atoms with E-state index in [-0.39, 0.29) is 0 Å². The Hall–Kier alpha value is -1.82. The highest BCUT2D eigenvalue weighted by Gasteiger charge is 2.37. The molecule has 0 aliphatic carbocycles. The second-order valence-corrected chi connectivity index (χ2v) is 7.39. The lowest BCUT2D eigenvalue weighted by atomic mass is 9.91. The molecule has 0 amide bonds. The molecule has 1 aliphatic heterocycles. The van der Waals surface area contributed by atoms with E-state index in [1.807, 2.05) is 4.90 Å². The van der Waals surface area contributed by atoms with Crippen LogP contribution >= 0.6 is 23.2 Å². The van der Waals surface area contributed by atoms with Crippen LogP contribution in [-0.2, 0) is 4.79 Å². The van der Waals surface area contributed by atoms with E-state index >= 15 is 0 Å². The number of rotatable bonds is 5. The predicted molar refractivity (Wildman–Crippen MR) is 103 cm³/mol. The van der Waals surface area contributed by atoms with Crippen molar-refractivity contribution >= 4 is 29.2 Å². The molecule has 1 fully saturated rings. The second kappa shape index (κ2) is 8.46. The minimum atomic E-state index is -0.903. The molecule has 0 aromatic heterocycles. The lowest BCUT2D eigenvalue weighted by molar-refractivity contribution is -0.145. The van der Waals surface area contributed by atoms with Gasteiger partial charge in [-0.05, 0) is 55.3 Å². The highest BCUT2D eigenvalue weighted by Crippen LogP contribution is 2.41. The molecule has 2 aromatic rings. The van der Waals surface area contributed by atoms with Crippen molar-refractivity contribution in [1.29, 1.82) is 0 Å². The van der Waals surface area contributed by atoms with Crippen LogP contribution in [0, 0.1) is 5.82 Å². The summed E-state index contributed by atoms with van der Waals surface area (Å²) < 4.78 is 19.5. The molecule has 2 aromatic carbocycles. The summed E-state index contributed by atoms with van der Waals surface area (Å²) in [5.41, 5.74) is 1.20. The topological polar surface area (TPSA) is 49.8 Å². The van der Waals surface area contributed by atoms with Gasteiger partial charge in [-0.3, -0.25) is 9.69 Å². The van der Waals surface area contributed by atoms with Gasteiger partial charge in [0.25, 0.3) is 0 Å². The summed E-state index contributed by atoms with van der Waals surface area (Å²) in [5.74, 6) is -0.855. The molecule has 27 heavy (non-hydrogen) atoms. The summed E-state index contributed by atoms with van der Waals surface area (Å²) in [6.07, 6.45) is 2.20. The molecule has 1 N–H and O–H groups in total. The fraction of sp³-hybridized carbons (Fsp3) is 0.350. The molecule has 4 nitrogen and oxygen atoms in total. The van der Waals surface area contributed by atoms with E-state index in [1.54, 1.807) is 24.3 Å². The first kappa shape index (κ1) is 19.9. The van der Waals surface area contributed by atoms with E-state index in [4.69, 9.17) is 27.9 Å². The van der Waals surface area contributed by atoms with Crippen molar-refractivity contribution < 1.29 is 19.0 Å². The van der Waals surface area contributed by atoms with Crippen molar-refractivity contribution in [1.82, 2.24) is 4.90 Å². The molecule has 0 bridgehead atoms. The van der Waals surface area contributed by atoms with Crippen LogP contribution in [0.5, 0.6) is 5.75 Å². The number of aliphatic carboxylic acids is 1. The van der Waals surface area contributed by atoms with Crippen molar-refractivity contribution in [3.63, 3.8) is 0 Å². The lowest BCUT2D eigenvalue weighted by Crippen LogP contribution is -2.47. The number of methoxy groups -OCH3 is 1. The van der Waals surface area contributed by atoms with Gasteiger partial charge in [0.15, 0.2) is 0 Å². The molecule has 7 heteroatoms. The first-order chi connectivity index (χ1) is 12.9. The van der Waals surface area contributed by atoms with E-state index < -0.39 is 23.9 Å². The average Bonchev–Trinajstić information content (AvgIpc) is 2.64. The van der Waals surface area contributed by atoms with E-state index in [1.165, 1.54) is 19.2 Å². The number of benzene rings is 2. The minimum Gasteiger partial charge on any atom is -0.496 e. The summed E-state index contributed by atoms with van der Waals surface area (Å²) in [4.78, 5) is 13.8. The van der Waals surface area contributed by atoms with Gasteiger partial charge in [0.1, 0.15) is 17.6 Å². The van der Waals surface area contributed by atoms with E-state index in [9.17, 15) is 14.3 Å². The number of nitrogens with zero attached hydrogens (tertiary/aromatic N) is 1. The molecule has 0 radical (unpaired) electrons. The van der Waals surface area contributed by atoms with Crippen molar-refractivity contribution in [2.24, 2.45) is 0 Å². The summed E-state index contributed by atoms with van der Waals surface area (Å²) in [7, 11) is 1.50. The number of halogens is 3. The number of likely N-dealkylation sites (tertiary alicyclic amines) is 1. The van der Waals surface area contributed by atoms with Gasteiger partial charge < -0.3 is 9.84 Å². The highest BCUT2D eigenvalue weighted by atomic mass is 35.5. The van der Waals surface area contributed by atoms with Gasteiger partial charge in [-0.15, -0.1) is 0 Å². The highest BCUT2D eigenvalue weighted by molar-refractivity contribution is 6.35. The molecule has 2 unspecified atom stereocenters. The lowest BCUT2D eigenvalue weighted by Gasteiger charge is -2.40. The normalized spacial score (nSPS) is 18.9. The Balaban J connectivity index is 2.20. The molecule has 3 rings (SSSR count). The van der Waals surface area contributed by atoms with Crippen LogP contribution in [0.1, 0.15) is 36.4 Å². The van der Waals surface area contributed by atoms with Gasteiger partial charge in [-0.2, -0.15) is 0 Å². The van der Waals surface area contributed by atoms with Crippen LogP contribution in [0.2, 0.25) is 10.0 Å². The fourth-order valence-electron chi connectivity index (χ4n) is 3.70. The number of hydrogen-bond donors (Lipinski definition) is 1. The number of carboxylic acids is 1. The third-order valence-electron chi connectivity index (χ3n) is 4.90. The third kappa shape index (κ3) is 4.21. The SMILES string of the molecule is COc1ccc(F)cc1C(c1ccc(Cl)cc1Cl)N1CCCCC1C(=O)O. The average molecular weight is 412 g/mol. The summed E-state index contributed by atoms with van der Waals surface area (Å²) in [6.45, 7) is 0.556. The molecule has 0 saturated carbocycles. The maximum absolute atomic E-state index is 14.1. The Bertz CT molecular complexity index is 846. The number of carbonyl (C=O) groups is 1. The molecular formula is C20H20Cl2FNO3. The first-order valence-electron chi connectivity index (χ1n) is 8.69. The Morgan fingerprint density at radius 2 is 2.00 bits per heavy atom. The monoisotopic (exact) mass is 411 g/mol. The zero-order chi connectivity index (χ0) is 19.6. The van der Waals surface area contributed by atoms with Crippen molar-refractivity contribution in [3.05, 3.63) is 63.4 Å². The first-order valence-corrected chi connectivity index (χ1v) is 9.45. The van der Waals surface area contributed by atoms with E-state index in [0.717, 1.165) is 12.8 Å². The quantitative estimate of drug-likeness (QED) is 0.736. The molecule has 1 saturated heterocycles. The molecule has 2 atom stereocenters. The summed E-state index contributed by atoms with van der Waals surface area (Å²) in [6, 6.07) is 8.03. The van der Waals surface area contributed by atoms with Gasteiger partial charge in [0, 0.05) is 15.6 Å². The van der Waals surface area contributed by atoms with Crippen LogP contribution in [0.3, 0.4) is 0 Å². The standard InChI is InChI=1S/C20H20Cl2FNO3/c1-27-18-8-6-13(23)11-15(18)19(14-7-5-12(21)10-16(14)22)24-9-3-2-4-17(24)20(25)26/h5-8,10-11,17,19H,2-4,9H2,1H3,(H,25,26). The summed E-state index contributed by atoms with van der Waals surface area (Å²) in [5, 5.41) is 10.6. The number of ether oxygens (including phenoxy) is 1. The Morgan fingerprint density at radius 3 is 2.67 bits per heavy atom. The third-order valence-corrected chi connectivity index (χ3v) is 5.47. The van der Waals surface area contributed by atoms with Gasteiger partial charge in [-0.1, -0.05) is 35.7 Å². The molecule has 1 aliphatic rings. The molecule has 1 heterocycles. The zero-order valence-corrected chi connectivity index (χ0v) is 16.3. The Labute approximate surface area is 167 Å². The van der Waals surface area contributed by atoms with E-state index in [2.05, 4.69) is 0 Å². The van der Waals surface area contributed by atoms with Crippen molar-refractivity contribution in [2.45, 2.75) is 31.3 Å². The fourth-order valence-corrected chi connectivity index (χ4v) is 4.21. The van der Waals surface area contributed by atoms with Crippen LogP contribution in [0.15, 0.2) is 36.4 Å². The number of hydrogen-bond acceptors (Lipinski definition) is 3. The maximum atomic E-state index is 14.1. The largest absolute Gasteiger partial charge is 0.496 e. The van der Waals surface area contributed by atoms with Crippen LogP contribution in [-0.4, -0.2) is 35.7 Å². The van der Waals surface area contributed by atoms with E-state index in [0.29, 0.717) is 39.9 Å². The minimum absolute atomic E-state index is 0.397. The van der Waals surface area contributed by atoms with Gasteiger partial charge in [0.05, 0.1) is 13.2 Å². The predicted octanol–water partition coefficient (Wildman–Crippen LogP) is 5.17. The van der Waals surface area contributed by atoms with Crippen molar-refractivity contribution in [3.8, 4) is 5.75 Å². The van der Waals surface area contributed by atoms with Crippen LogP contribution in [0.4, 0.5) is 4.39 Å². The van der Waals surface area contributed by atoms with Gasteiger partial charge in [-0.25, -0.2) is 4.39 Å². The van der Waals surface area contributed by atoms with Crippen molar-refractivity contribution in [2.75, 3.05) is 13.7 Å². The van der Waals surface area contributed by atoms with Gasteiger partial charge in [0.2, 0.25) is 0 Å². The maximum Gasteiger partial charge on any atom is 0.320 e. The Kier molecular flexibility index (Phi) is 6.25. The molecule has 144 valence electrons. The summed E-state index contributed by atoms with van der Waals surface area (Å²) >= 11 is 12.5. The number of piperidine rings is 1. The second-order valence-electron chi connectivity index (χ2n) is 6.54. The zero-order valence-electron chi connectivity index (χ0n) is 14.8.